The van der Waals surface area contributed by atoms with Crippen molar-refractivity contribution in [3.8, 4) is 0 Å². The zero-order valence-corrected chi connectivity index (χ0v) is 9.71. The van der Waals surface area contributed by atoms with Crippen LogP contribution in [0.2, 0.25) is 0 Å². The quantitative estimate of drug-likeness (QED) is 0.760. The van der Waals surface area contributed by atoms with Crippen molar-refractivity contribution in [2.24, 2.45) is 0 Å². The molecule has 1 aromatic rings. The standard InChI is InChI=1S/C12H17N3O/c1-15(2)12(16)14-10-6-5-9-4-3-7-13-11(9)8-10/h5-6,8,13H,3-4,7H2,1-2H3,(H,14,16). The average Bonchev–Trinajstić information content (AvgIpc) is 2.28. The van der Waals surface area contributed by atoms with Gasteiger partial charge in [-0.3, -0.25) is 0 Å². The van der Waals surface area contributed by atoms with Crippen LogP contribution in [0.25, 0.3) is 0 Å². The number of fused-ring (bicyclic) bond motifs is 1. The zero-order valence-electron chi connectivity index (χ0n) is 9.71. The molecule has 0 saturated carbocycles. The molecule has 0 aromatic heterocycles. The highest BCUT2D eigenvalue weighted by Gasteiger charge is 2.10. The number of aryl methyl sites for hydroxylation is 1. The Kier molecular flexibility index (Phi) is 2.99. The van der Waals surface area contributed by atoms with Crippen LogP contribution in [0, 0.1) is 0 Å². The van der Waals surface area contributed by atoms with Crippen LogP contribution in [0.4, 0.5) is 16.2 Å². The fourth-order valence-electron chi connectivity index (χ4n) is 1.77. The summed E-state index contributed by atoms with van der Waals surface area (Å²) in [5.41, 5.74) is 3.31. The maximum Gasteiger partial charge on any atom is 0.321 e. The fourth-order valence-corrected chi connectivity index (χ4v) is 1.77. The number of amides is 2. The maximum atomic E-state index is 11.5. The summed E-state index contributed by atoms with van der Waals surface area (Å²) in [6.07, 6.45) is 2.29. The van der Waals surface area contributed by atoms with Gasteiger partial charge < -0.3 is 15.5 Å². The van der Waals surface area contributed by atoms with Crippen LogP contribution < -0.4 is 10.6 Å². The van der Waals surface area contributed by atoms with Crippen LogP contribution in [0.5, 0.6) is 0 Å². The highest BCUT2D eigenvalue weighted by atomic mass is 16.2. The normalized spacial score (nSPS) is 13.6. The molecule has 0 unspecified atom stereocenters. The lowest BCUT2D eigenvalue weighted by atomic mass is 10.0. The van der Waals surface area contributed by atoms with Gasteiger partial charge in [-0.25, -0.2) is 4.79 Å². The molecule has 2 N–H and O–H groups in total. The van der Waals surface area contributed by atoms with Crippen LogP contribution in [-0.2, 0) is 6.42 Å². The van der Waals surface area contributed by atoms with E-state index in [0.717, 1.165) is 24.3 Å². The van der Waals surface area contributed by atoms with Gasteiger partial charge in [-0.05, 0) is 30.5 Å². The Bertz CT molecular complexity index is 401. The molecule has 4 nitrogen and oxygen atoms in total. The molecular weight excluding hydrogens is 202 g/mol. The van der Waals surface area contributed by atoms with E-state index in [1.54, 1.807) is 14.1 Å². The van der Waals surface area contributed by atoms with E-state index in [-0.39, 0.29) is 6.03 Å². The predicted molar refractivity (Wildman–Crippen MR) is 66.0 cm³/mol. The third kappa shape index (κ3) is 2.27. The SMILES string of the molecule is CN(C)C(=O)Nc1ccc2c(c1)NCCC2. The van der Waals surface area contributed by atoms with Gasteiger partial charge in [0.15, 0.2) is 0 Å². The number of rotatable bonds is 1. The highest BCUT2D eigenvalue weighted by Crippen LogP contribution is 2.25. The smallest absolute Gasteiger partial charge is 0.321 e. The average molecular weight is 219 g/mol. The summed E-state index contributed by atoms with van der Waals surface area (Å²) in [5.74, 6) is 0. The van der Waals surface area contributed by atoms with Gasteiger partial charge in [0.1, 0.15) is 0 Å². The first-order chi connectivity index (χ1) is 7.66. The molecule has 4 heteroatoms. The van der Waals surface area contributed by atoms with Crippen molar-refractivity contribution in [1.29, 1.82) is 0 Å². The van der Waals surface area contributed by atoms with Crippen molar-refractivity contribution < 1.29 is 4.79 Å². The summed E-state index contributed by atoms with van der Waals surface area (Å²) in [4.78, 5) is 13.0. The molecule has 1 aliphatic heterocycles. The first kappa shape index (κ1) is 10.8. The Morgan fingerprint density at radius 2 is 2.25 bits per heavy atom. The Morgan fingerprint density at radius 1 is 1.44 bits per heavy atom. The molecule has 2 amide bonds. The highest BCUT2D eigenvalue weighted by molar-refractivity contribution is 5.89. The first-order valence-electron chi connectivity index (χ1n) is 5.52. The van der Waals surface area contributed by atoms with E-state index in [1.807, 2.05) is 12.1 Å². The third-order valence-electron chi connectivity index (χ3n) is 2.71. The zero-order chi connectivity index (χ0) is 11.5. The van der Waals surface area contributed by atoms with Gasteiger partial charge in [0.25, 0.3) is 0 Å². The van der Waals surface area contributed by atoms with Crippen LogP contribution >= 0.6 is 0 Å². The van der Waals surface area contributed by atoms with Gasteiger partial charge in [-0.2, -0.15) is 0 Å². The van der Waals surface area contributed by atoms with E-state index >= 15 is 0 Å². The molecule has 0 aliphatic carbocycles. The van der Waals surface area contributed by atoms with Crippen LogP contribution in [0.3, 0.4) is 0 Å². The van der Waals surface area contributed by atoms with Gasteiger partial charge in [0.05, 0.1) is 0 Å². The lowest BCUT2D eigenvalue weighted by Crippen LogP contribution is -2.27. The van der Waals surface area contributed by atoms with Crippen molar-refractivity contribution in [2.45, 2.75) is 12.8 Å². The second-order valence-electron chi connectivity index (χ2n) is 4.23. The summed E-state index contributed by atoms with van der Waals surface area (Å²) in [6, 6.07) is 5.92. The molecule has 1 heterocycles. The Labute approximate surface area is 95.6 Å². The number of hydrogen-bond donors (Lipinski definition) is 2. The molecule has 0 radical (unpaired) electrons. The third-order valence-corrected chi connectivity index (χ3v) is 2.71. The maximum absolute atomic E-state index is 11.5. The summed E-state index contributed by atoms with van der Waals surface area (Å²) in [5, 5.41) is 6.18. The fraction of sp³-hybridized carbons (Fsp3) is 0.417. The van der Waals surface area contributed by atoms with Gasteiger partial charge in [0, 0.05) is 32.0 Å². The van der Waals surface area contributed by atoms with E-state index in [1.165, 1.54) is 16.9 Å². The number of carbonyl (C=O) groups is 1. The molecule has 0 fully saturated rings. The Balaban J connectivity index is 2.14. The second kappa shape index (κ2) is 4.43. The topological polar surface area (TPSA) is 44.4 Å². The molecule has 1 aliphatic rings. The first-order valence-corrected chi connectivity index (χ1v) is 5.52. The van der Waals surface area contributed by atoms with E-state index in [2.05, 4.69) is 16.7 Å². The minimum absolute atomic E-state index is 0.101. The number of hydrogen-bond acceptors (Lipinski definition) is 2. The van der Waals surface area contributed by atoms with E-state index in [0.29, 0.717) is 0 Å². The molecule has 0 bridgehead atoms. The van der Waals surface area contributed by atoms with Crippen molar-refractivity contribution in [3.63, 3.8) is 0 Å². The Hall–Kier alpha value is -1.71. The number of benzene rings is 1. The number of carbonyl (C=O) groups excluding carboxylic acids is 1. The number of urea groups is 1. The molecule has 86 valence electrons. The predicted octanol–water partition coefficient (Wildman–Crippen LogP) is 2.14. The van der Waals surface area contributed by atoms with E-state index in [4.69, 9.17) is 0 Å². The number of nitrogens with one attached hydrogen (secondary N) is 2. The number of anilines is 2. The minimum Gasteiger partial charge on any atom is -0.385 e. The van der Waals surface area contributed by atoms with Crippen molar-refractivity contribution in [3.05, 3.63) is 23.8 Å². The Morgan fingerprint density at radius 3 is 3.00 bits per heavy atom. The molecule has 16 heavy (non-hydrogen) atoms. The van der Waals surface area contributed by atoms with Crippen molar-refractivity contribution in [1.82, 2.24) is 4.90 Å². The van der Waals surface area contributed by atoms with Crippen molar-refractivity contribution >= 4 is 17.4 Å². The van der Waals surface area contributed by atoms with Gasteiger partial charge in [0.2, 0.25) is 0 Å². The largest absolute Gasteiger partial charge is 0.385 e. The second-order valence-corrected chi connectivity index (χ2v) is 4.23. The van der Waals surface area contributed by atoms with Gasteiger partial charge >= 0.3 is 6.03 Å². The molecule has 2 rings (SSSR count). The summed E-state index contributed by atoms with van der Waals surface area (Å²) in [7, 11) is 3.46. The van der Waals surface area contributed by atoms with Gasteiger partial charge in [-0.1, -0.05) is 6.07 Å². The molecular formula is C12H17N3O. The lowest BCUT2D eigenvalue weighted by Gasteiger charge is -2.19. The summed E-state index contributed by atoms with van der Waals surface area (Å²) < 4.78 is 0. The lowest BCUT2D eigenvalue weighted by molar-refractivity contribution is 0.230. The summed E-state index contributed by atoms with van der Waals surface area (Å²) in [6.45, 7) is 1.01. The molecule has 0 atom stereocenters. The van der Waals surface area contributed by atoms with Crippen LogP contribution in [0.1, 0.15) is 12.0 Å². The molecule has 0 spiro atoms. The molecule has 1 aromatic carbocycles. The van der Waals surface area contributed by atoms with Crippen molar-refractivity contribution in [2.75, 3.05) is 31.3 Å². The monoisotopic (exact) mass is 219 g/mol. The van der Waals surface area contributed by atoms with E-state index < -0.39 is 0 Å². The summed E-state index contributed by atoms with van der Waals surface area (Å²) >= 11 is 0. The number of nitrogens with zero attached hydrogens (tertiary/aromatic N) is 1. The van der Waals surface area contributed by atoms with E-state index in [9.17, 15) is 4.79 Å². The van der Waals surface area contributed by atoms with Gasteiger partial charge in [-0.15, -0.1) is 0 Å². The van der Waals surface area contributed by atoms with Crippen LogP contribution in [0.15, 0.2) is 18.2 Å². The molecule has 0 saturated heterocycles. The minimum atomic E-state index is -0.101. The van der Waals surface area contributed by atoms with Crippen LogP contribution in [-0.4, -0.2) is 31.6 Å².